The second kappa shape index (κ2) is 4.66. The normalized spacial score (nSPS) is 9.93. The average Bonchev–Trinajstić information content (AvgIpc) is 2.18. The third-order valence-electron chi connectivity index (χ3n) is 1.85. The third kappa shape index (κ3) is 2.77. The fraction of sp³-hybridized carbons (Fsp3) is 0.444. The van der Waals surface area contributed by atoms with Crippen LogP contribution >= 0.6 is 0 Å². The van der Waals surface area contributed by atoms with Gasteiger partial charge in [0, 0.05) is 7.05 Å². The van der Waals surface area contributed by atoms with Crippen LogP contribution in [-0.4, -0.2) is 35.9 Å². The van der Waals surface area contributed by atoms with Crippen molar-refractivity contribution in [1.82, 2.24) is 9.97 Å². The van der Waals surface area contributed by atoms with Crippen LogP contribution in [0.1, 0.15) is 5.82 Å². The number of carbonyl (C=O) groups excluding carboxylic acids is 1. The van der Waals surface area contributed by atoms with Crippen LogP contribution in [0.2, 0.25) is 0 Å². The highest BCUT2D eigenvalue weighted by Crippen LogP contribution is 2.07. The summed E-state index contributed by atoms with van der Waals surface area (Å²) in [6.07, 6.45) is 3.37. The van der Waals surface area contributed by atoms with Crippen LogP contribution in [0.3, 0.4) is 0 Å². The number of ketones is 1. The number of hydrogen-bond acceptors (Lipinski definition) is 5. The summed E-state index contributed by atoms with van der Waals surface area (Å²) in [4.78, 5) is 20.9. The number of carbonyl (C=O) groups is 1. The van der Waals surface area contributed by atoms with E-state index in [1.165, 1.54) is 0 Å². The van der Waals surface area contributed by atoms with Crippen LogP contribution in [0.5, 0.6) is 0 Å². The van der Waals surface area contributed by atoms with Gasteiger partial charge in [-0.05, 0) is 6.92 Å². The van der Waals surface area contributed by atoms with Crippen LogP contribution in [0.4, 0.5) is 5.69 Å². The predicted molar refractivity (Wildman–Crippen MR) is 54.1 cm³/mol. The van der Waals surface area contributed by atoms with Crippen molar-refractivity contribution >= 4 is 11.5 Å². The molecular formula is C9H14N4O. The lowest BCUT2D eigenvalue weighted by atomic mass is 10.3. The van der Waals surface area contributed by atoms with Crippen molar-refractivity contribution < 1.29 is 4.79 Å². The van der Waals surface area contributed by atoms with Gasteiger partial charge in [0.1, 0.15) is 5.82 Å². The molecule has 5 heteroatoms. The molecule has 0 aromatic carbocycles. The molecule has 0 amide bonds. The fourth-order valence-electron chi connectivity index (χ4n) is 1.00. The van der Waals surface area contributed by atoms with Crippen molar-refractivity contribution in [3.63, 3.8) is 0 Å². The van der Waals surface area contributed by atoms with E-state index < -0.39 is 0 Å². The SMILES string of the molecule is Cc1ncc(N(C)CC(=O)CN)cn1. The summed E-state index contributed by atoms with van der Waals surface area (Å²) in [5, 5.41) is 0. The first-order valence-electron chi connectivity index (χ1n) is 4.35. The minimum absolute atomic E-state index is 0.00641. The Labute approximate surface area is 83.0 Å². The van der Waals surface area contributed by atoms with Crippen molar-refractivity contribution in [3.05, 3.63) is 18.2 Å². The molecule has 5 nitrogen and oxygen atoms in total. The van der Waals surface area contributed by atoms with Gasteiger partial charge in [-0.1, -0.05) is 0 Å². The van der Waals surface area contributed by atoms with E-state index in [9.17, 15) is 4.79 Å². The highest BCUT2D eigenvalue weighted by Gasteiger charge is 2.05. The molecule has 0 radical (unpaired) electrons. The Morgan fingerprint density at radius 3 is 2.57 bits per heavy atom. The summed E-state index contributed by atoms with van der Waals surface area (Å²) in [5.41, 5.74) is 6.03. The molecule has 0 aliphatic carbocycles. The van der Waals surface area contributed by atoms with Gasteiger partial charge in [0.05, 0.1) is 31.2 Å². The predicted octanol–water partition coefficient (Wildman–Crippen LogP) is -0.251. The number of rotatable bonds is 4. The smallest absolute Gasteiger partial charge is 0.165 e. The maximum atomic E-state index is 11.1. The Morgan fingerprint density at radius 2 is 2.07 bits per heavy atom. The summed E-state index contributed by atoms with van der Waals surface area (Å²) in [5.74, 6) is 0.709. The lowest BCUT2D eigenvalue weighted by Crippen LogP contribution is -2.30. The van der Waals surface area contributed by atoms with E-state index in [0.29, 0.717) is 12.4 Å². The molecule has 2 N–H and O–H groups in total. The first kappa shape index (κ1) is 10.6. The molecule has 0 unspecified atom stereocenters. The van der Waals surface area contributed by atoms with Crippen LogP contribution in [0, 0.1) is 6.92 Å². The zero-order valence-corrected chi connectivity index (χ0v) is 8.40. The van der Waals surface area contributed by atoms with Gasteiger partial charge in [-0.25, -0.2) is 9.97 Å². The maximum Gasteiger partial charge on any atom is 0.165 e. The molecule has 1 heterocycles. The van der Waals surface area contributed by atoms with Crippen molar-refractivity contribution in [1.29, 1.82) is 0 Å². The number of nitrogens with two attached hydrogens (primary N) is 1. The molecule has 76 valence electrons. The van der Waals surface area contributed by atoms with Gasteiger partial charge >= 0.3 is 0 Å². The monoisotopic (exact) mass is 194 g/mol. The molecule has 0 spiro atoms. The van der Waals surface area contributed by atoms with E-state index >= 15 is 0 Å². The first-order valence-corrected chi connectivity index (χ1v) is 4.35. The van der Waals surface area contributed by atoms with Crippen molar-refractivity contribution in [2.45, 2.75) is 6.92 Å². The highest BCUT2D eigenvalue weighted by atomic mass is 16.1. The summed E-state index contributed by atoms with van der Waals surface area (Å²) in [6, 6.07) is 0. The van der Waals surface area contributed by atoms with Gasteiger partial charge in [0.25, 0.3) is 0 Å². The van der Waals surface area contributed by atoms with Gasteiger partial charge in [-0.2, -0.15) is 0 Å². The minimum atomic E-state index is -0.00641. The molecule has 0 fully saturated rings. The molecule has 0 bridgehead atoms. The minimum Gasteiger partial charge on any atom is -0.365 e. The quantitative estimate of drug-likeness (QED) is 0.715. The Hall–Kier alpha value is -1.49. The molecule has 0 saturated carbocycles. The second-order valence-corrected chi connectivity index (χ2v) is 3.09. The van der Waals surface area contributed by atoms with Gasteiger partial charge in [-0.15, -0.1) is 0 Å². The van der Waals surface area contributed by atoms with E-state index in [0.717, 1.165) is 5.69 Å². The van der Waals surface area contributed by atoms with E-state index in [-0.39, 0.29) is 12.3 Å². The lowest BCUT2D eigenvalue weighted by Gasteiger charge is -2.16. The van der Waals surface area contributed by atoms with E-state index in [1.54, 1.807) is 17.3 Å². The zero-order valence-electron chi connectivity index (χ0n) is 8.40. The van der Waals surface area contributed by atoms with E-state index in [4.69, 9.17) is 5.73 Å². The van der Waals surface area contributed by atoms with Crippen LogP contribution in [0.25, 0.3) is 0 Å². The number of anilines is 1. The molecule has 1 aromatic rings. The second-order valence-electron chi connectivity index (χ2n) is 3.09. The molecule has 0 atom stereocenters. The molecule has 0 aliphatic heterocycles. The van der Waals surface area contributed by atoms with Gasteiger partial charge in [0.15, 0.2) is 5.78 Å². The summed E-state index contributed by atoms with van der Waals surface area (Å²) < 4.78 is 0. The number of aromatic nitrogens is 2. The number of likely N-dealkylation sites (N-methyl/N-ethyl adjacent to an activating group) is 1. The Morgan fingerprint density at radius 1 is 1.50 bits per heavy atom. The topological polar surface area (TPSA) is 72.1 Å². The number of aryl methyl sites for hydroxylation is 1. The van der Waals surface area contributed by atoms with Gasteiger partial charge < -0.3 is 10.6 Å². The number of hydrogen-bond donors (Lipinski definition) is 1. The van der Waals surface area contributed by atoms with Crippen LogP contribution in [0.15, 0.2) is 12.4 Å². The van der Waals surface area contributed by atoms with Crippen molar-refractivity contribution in [3.8, 4) is 0 Å². The maximum absolute atomic E-state index is 11.1. The molecule has 0 aliphatic rings. The highest BCUT2D eigenvalue weighted by molar-refractivity contribution is 5.84. The summed E-state index contributed by atoms with van der Waals surface area (Å²) in [6.45, 7) is 2.18. The van der Waals surface area contributed by atoms with Crippen molar-refractivity contribution in [2.75, 3.05) is 25.0 Å². The van der Waals surface area contributed by atoms with Gasteiger partial charge in [0.2, 0.25) is 0 Å². The third-order valence-corrected chi connectivity index (χ3v) is 1.85. The summed E-state index contributed by atoms with van der Waals surface area (Å²) in [7, 11) is 1.81. The first-order chi connectivity index (χ1) is 6.63. The molecule has 1 aromatic heterocycles. The number of Topliss-reactive ketones (excluding diaryl/α,β-unsaturated/α-hetero) is 1. The zero-order chi connectivity index (χ0) is 10.6. The molecule has 14 heavy (non-hydrogen) atoms. The molecular weight excluding hydrogens is 180 g/mol. The van der Waals surface area contributed by atoms with Gasteiger partial charge in [-0.3, -0.25) is 4.79 Å². The van der Waals surface area contributed by atoms with E-state index in [2.05, 4.69) is 9.97 Å². The molecule has 0 saturated heterocycles. The number of nitrogens with zero attached hydrogens (tertiary/aromatic N) is 3. The lowest BCUT2D eigenvalue weighted by molar-refractivity contribution is -0.116. The largest absolute Gasteiger partial charge is 0.365 e. The van der Waals surface area contributed by atoms with E-state index in [1.807, 2.05) is 14.0 Å². The standard InChI is InChI=1S/C9H14N4O/c1-7-11-4-8(5-12-7)13(2)6-9(14)3-10/h4-5H,3,6,10H2,1-2H3. The summed E-state index contributed by atoms with van der Waals surface area (Å²) >= 11 is 0. The molecule has 1 rings (SSSR count). The van der Waals surface area contributed by atoms with Crippen molar-refractivity contribution in [2.24, 2.45) is 5.73 Å². The average molecular weight is 194 g/mol. The Bertz CT molecular complexity index is 309. The van der Waals surface area contributed by atoms with Crippen LogP contribution in [-0.2, 0) is 4.79 Å². The van der Waals surface area contributed by atoms with Crippen LogP contribution < -0.4 is 10.6 Å². The Kier molecular flexibility index (Phi) is 3.53. The Balaban J connectivity index is 2.65. The fourth-order valence-corrected chi connectivity index (χ4v) is 1.00.